The van der Waals surface area contributed by atoms with E-state index in [2.05, 4.69) is 33.0 Å². The first-order valence-electron chi connectivity index (χ1n) is 9.98. The zero-order chi connectivity index (χ0) is 18.0. The fourth-order valence-electron chi connectivity index (χ4n) is 5.66. The van der Waals surface area contributed by atoms with Gasteiger partial charge >= 0.3 is 0 Å². The number of piperidine rings is 3. The minimum Gasteiger partial charge on any atom is -0.454 e. The van der Waals surface area contributed by atoms with Crippen LogP contribution in [-0.2, 0) is 0 Å². The van der Waals surface area contributed by atoms with Crippen molar-refractivity contribution in [3.05, 3.63) is 41.7 Å². The number of aryl methyl sites for hydroxylation is 1. The summed E-state index contributed by atoms with van der Waals surface area (Å²) in [6.45, 7) is 5.77. The number of benzene rings is 1. The number of rotatable bonds is 2. The lowest BCUT2D eigenvalue weighted by Crippen LogP contribution is -2.60. The van der Waals surface area contributed by atoms with Crippen molar-refractivity contribution < 1.29 is 9.47 Å². The Labute approximate surface area is 159 Å². The number of nitrogens with zero attached hydrogens (tertiary/aromatic N) is 4. The second-order valence-corrected chi connectivity index (χ2v) is 8.22. The lowest BCUT2D eigenvalue weighted by atomic mass is 9.75. The van der Waals surface area contributed by atoms with E-state index in [4.69, 9.17) is 14.5 Å². The molecule has 1 aromatic carbocycles. The predicted molar refractivity (Wildman–Crippen MR) is 101 cm³/mol. The van der Waals surface area contributed by atoms with E-state index in [1.807, 2.05) is 19.2 Å². The third-order valence-corrected chi connectivity index (χ3v) is 6.86. The maximum absolute atomic E-state index is 5.65. The Bertz CT molecular complexity index is 880. The van der Waals surface area contributed by atoms with Gasteiger partial charge in [0.1, 0.15) is 0 Å². The Hall–Kier alpha value is -2.34. The first-order valence-corrected chi connectivity index (χ1v) is 9.98. The fraction of sp³-hybridized carbons (Fsp3) is 0.524. The lowest BCUT2D eigenvalue weighted by Gasteiger charge is -2.51. The Kier molecular flexibility index (Phi) is 3.39. The molecule has 1 aromatic heterocycles. The zero-order valence-corrected chi connectivity index (χ0v) is 15.5. The molecule has 0 unspecified atom stereocenters. The van der Waals surface area contributed by atoms with Crippen LogP contribution in [0.5, 0.6) is 11.5 Å². The maximum atomic E-state index is 5.65. The molecule has 0 spiro atoms. The van der Waals surface area contributed by atoms with Crippen LogP contribution in [0.25, 0.3) is 0 Å². The van der Waals surface area contributed by atoms with Crippen LogP contribution in [-0.4, -0.2) is 53.4 Å². The van der Waals surface area contributed by atoms with Gasteiger partial charge in [0.25, 0.3) is 0 Å². The number of hydrogen-bond donors (Lipinski definition) is 0. The monoisotopic (exact) mass is 364 g/mol. The average Bonchev–Trinajstić information content (AvgIpc) is 3.34. The summed E-state index contributed by atoms with van der Waals surface area (Å²) in [6.07, 6.45) is 4.47. The molecule has 0 saturated carbocycles. The van der Waals surface area contributed by atoms with Crippen LogP contribution in [0.15, 0.2) is 30.5 Å². The topological polar surface area (TPSA) is 50.7 Å². The number of anilines is 1. The molecule has 6 heteroatoms. The van der Waals surface area contributed by atoms with Gasteiger partial charge in [0.15, 0.2) is 11.5 Å². The number of aromatic nitrogens is 2. The Morgan fingerprint density at radius 2 is 1.89 bits per heavy atom. The summed E-state index contributed by atoms with van der Waals surface area (Å²) >= 11 is 0. The third-order valence-electron chi connectivity index (χ3n) is 6.86. The molecule has 140 valence electrons. The first kappa shape index (κ1) is 15.7. The van der Waals surface area contributed by atoms with Crippen molar-refractivity contribution >= 4 is 5.95 Å². The molecule has 0 amide bonds. The first-order chi connectivity index (χ1) is 13.3. The number of fused-ring (bicyclic) bond motifs is 3. The molecule has 7 rings (SSSR count). The summed E-state index contributed by atoms with van der Waals surface area (Å²) in [6, 6.07) is 9.48. The van der Waals surface area contributed by atoms with Gasteiger partial charge in [-0.3, -0.25) is 4.90 Å². The van der Waals surface area contributed by atoms with Gasteiger partial charge in [-0.25, -0.2) is 9.97 Å². The minimum absolute atomic E-state index is 0.326. The zero-order valence-electron chi connectivity index (χ0n) is 15.5. The van der Waals surface area contributed by atoms with E-state index in [0.717, 1.165) is 35.6 Å². The fourth-order valence-corrected chi connectivity index (χ4v) is 5.66. The van der Waals surface area contributed by atoms with Crippen LogP contribution in [0.2, 0.25) is 0 Å². The minimum atomic E-state index is 0.326. The van der Waals surface area contributed by atoms with E-state index in [0.29, 0.717) is 24.8 Å². The SMILES string of the molecule is Cc1ccnc(N2C[C@H](c3ccc4c(c3)OCO4)[C@H]3[C@@H]2C2CCN3CC2)n1. The average molecular weight is 364 g/mol. The molecule has 0 radical (unpaired) electrons. The van der Waals surface area contributed by atoms with Crippen molar-refractivity contribution in [3.63, 3.8) is 0 Å². The number of hydrogen-bond acceptors (Lipinski definition) is 6. The summed E-state index contributed by atoms with van der Waals surface area (Å²) in [5.41, 5.74) is 2.38. The summed E-state index contributed by atoms with van der Waals surface area (Å²) in [4.78, 5) is 14.6. The summed E-state index contributed by atoms with van der Waals surface area (Å²) < 4.78 is 11.2. The van der Waals surface area contributed by atoms with Crippen LogP contribution in [0, 0.1) is 12.8 Å². The van der Waals surface area contributed by atoms with Gasteiger partial charge in [-0.1, -0.05) is 6.07 Å². The smallest absolute Gasteiger partial charge is 0.231 e. The Morgan fingerprint density at radius 3 is 2.74 bits per heavy atom. The van der Waals surface area contributed by atoms with Crippen LogP contribution >= 0.6 is 0 Å². The van der Waals surface area contributed by atoms with Gasteiger partial charge in [-0.05, 0) is 62.5 Å². The molecule has 2 aromatic rings. The maximum Gasteiger partial charge on any atom is 0.231 e. The van der Waals surface area contributed by atoms with Crippen LogP contribution in [0.1, 0.15) is 30.0 Å². The van der Waals surface area contributed by atoms with E-state index in [1.54, 1.807) is 0 Å². The van der Waals surface area contributed by atoms with Gasteiger partial charge < -0.3 is 14.4 Å². The van der Waals surface area contributed by atoms with Crippen molar-refractivity contribution in [2.45, 2.75) is 37.8 Å². The quantitative estimate of drug-likeness (QED) is 0.816. The molecular weight excluding hydrogens is 340 g/mol. The van der Waals surface area contributed by atoms with Crippen molar-refractivity contribution in [2.24, 2.45) is 5.92 Å². The van der Waals surface area contributed by atoms with Crippen LogP contribution in [0.3, 0.4) is 0 Å². The standard InChI is InChI=1S/C21H24N4O2/c1-13-4-7-22-21(23-13)25-11-16(15-2-3-17-18(10-15)27-12-26-17)20-19(25)14-5-8-24(20)9-6-14/h2-4,7,10,14,16,19-20H,5-6,8-9,11-12H2,1H3/t16-,19+,20+/m1/s1. The van der Waals surface area contributed by atoms with E-state index >= 15 is 0 Å². The molecule has 27 heavy (non-hydrogen) atoms. The molecule has 5 aliphatic rings. The predicted octanol–water partition coefficient (Wildman–Crippen LogP) is 2.58. The van der Waals surface area contributed by atoms with Gasteiger partial charge in [0.05, 0.1) is 6.04 Å². The second kappa shape index (κ2) is 5.83. The van der Waals surface area contributed by atoms with E-state index in [1.165, 1.54) is 31.5 Å². The molecule has 2 bridgehead atoms. The van der Waals surface area contributed by atoms with Gasteiger partial charge in [0, 0.05) is 30.4 Å². The number of ether oxygens (including phenoxy) is 2. The van der Waals surface area contributed by atoms with Crippen molar-refractivity contribution in [1.82, 2.24) is 14.9 Å². The van der Waals surface area contributed by atoms with Crippen molar-refractivity contribution in [3.8, 4) is 11.5 Å². The summed E-state index contributed by atoms with van der Waals surface area (Å²) in [5.74, 6) is 3.81. The lowest BCUT2D eigenvalue weighted by molar-refractivity contribution is 0.0353. The van der Waals surface area contributed by atoms with E-state index in [-0.39, 0.29) is 0 Å². The highest BCUT2D eigenvalue weighted by Gasteiger charge is 2.54. The molecule has 4 saturated heterocycles. The van der Waals surface area contributed by atoms with Crippen LogP contribution < -0.4 is 14.4 Å². The summed E-state index contributed by atoms with van der Waals surface area (Å²) in [5, 5.41) is 0. The normalized spacial score (nSPS) is 33.4. The van der Waals surface area contributed by atoms with Gasteiger partial charge in [0.2, 0.25) is 12.7 Å². The molecular formula is C21H24N4O2. The second-order valence-electron chi connectivity index (χ2n) is 8.22. The molecule has 3 atom stereocenters. The third kappa shape index (κ3) is 2.35. The highest BCUT2D eigenvalue weighted by Crippen LogP contribution is 2.48. The van der Waals surface area contributed by atoms with Crippen molar-refractivity contribution in [2.75, 3.05) is 31.3 Å². The highest BCUT2D eigenvalue weighted by molar-refractivity contribution is 5.49. The Balaban J connectivity index is 1.42. The summed E-state index contributed by atoms with van der Waals surface area (Å²) in [7, 11) is 0. The van der Waals surface area contributed by atoms with Gasteiger partial charge in [-0.15, -0.1) is 0 Å². The molecule has 6 nitrogen and oxygen atoms in total. The van der Waals surface area contributed by atoms with E-state index in [9.17, 15) is 0 Å². The van der Waals surface area contributed by atoms with Crippen molar-refractivity contribution in [1.29, 1.82) is 0 Å². The van der Waals surface area contributed by atoms with Gasteiger partial charge in [-0.2, -0.15) is 0 Å². The Morgan fingerprint density at radius 1 is 1.04 bits per heavy atom. The molecule has 4 fully saturated rings. The molecule has 0 aliphatic carbocycles. The van der Waals surface area contributed by atoms with E-state index < -0.39 is 0 Å². The molecule has 0 N–H and O–H groups in total. The molecule has 6 heterocycles. The largest absolute Gasteiger partial charge is 0.454 e. The highest BCUT2D eigenvalue weighted by atomic mass is 16.7. The molecule has 5 aliphatic heterocycles. The van der Waals surface area contributed by atoms with Crippen LogP contribution in [0.4, 0.5) is 5.95 Å².